The lowest BCUT2D eigenvalue weighted by molar-refractivity contribution is -0.136. The van der Waals surface area contributed by atoms with Crippen molar-refractivity contribution in [1.29, 1.82) is 5.26 Å². The van der Waals surface area contributed by atoms with Crippen LogP contribution in [0.1, 0.15) is 86.6 Å². The van der Waals surface area contributed by atoms with E-state index in [1.165, 1.54) is 5.56 Å². The van der Waals surface area contributed by atoms with Gasteiger partial charge in [-0.3, -0.25) is 34.2 Å². The summed E-state index contributed by atoms with van der Waals surface area (Å²) in [6, 6.07) is 20.2. The number of nitrogens with zero attached hydrogens (tertiary/aromatic N) is 6. The maximum Gasteiger partial charge on any atom is 0.262 e. The highest BCUT2D eigenvalue weighted by atomic mass is 35.5. The Balaban J connectivity index is 0.779. The molecule has 1 atom stereocenters. The molecule has 1 N–H and O–H groups in total. The third-order valence-corrected chi connectivity index (χ3v) is 12.5. The largest absolute Gasteiger partial charge is 0.371 e. The number of hydrogen-bond acceptors (Lipinski definition) is 9. The molecule has 0 saturated carbocycles. The fourth-order valence-electron chi connectivity index (χ4n) is 8.88. The van der Waals surface area contributed by atoms with Crippen molar-refractivity contribution in [2.45, 2.75) is 50.5 Å². The van der Waals surface area contributed by atoms with E-state index in [0.29, 0.717) is 59.7 Å². The zero-order valence-electron chi connectivity index (χ0n) is 30.7. The van der Waals surface area contributed by atoms with Gasteiger partial charge in [0.25, 0.3) is 17.7 Å². The van der Waals surface area contributed by atoms with Crippen molar-refractivity contribution in [2.75, 3.05) is 68.7 Å². The molecule has 8 rings (SSSR count). The number of likely N-dealkylation sites (tertiary alicyclic amines) is 1. The number of rotatable bonds is 7. The number of halogens is 1. The Morgan fingerprint density at radius 2 is 1.40 bits per heavy atom. The van der Waals surface area contributed by atoms with Gasteiger partial charge in [0, 0.05) is 69.2 Å². The quantitative estimate of drug-likeness (QED) is 0.341. The number of imide groups is 2. The summed E-state index contributed by atoms with van der Waals surface area (Å²) in [7, 11) is 0. The van der Waals surface area contributed by atoms with Gasteiger partial charge in [0.1, 0.15) is 12.1 Å². The molecule has 0 bridgehead atoms. The van der Waals surface area contributed by atoms with Crippen LogP contribution in [0.2, 0.25) is 5.02 Å². The van der Waals surface area contributed by atoms with E-state index in [-0.39, 0.29) is 24.7 Å². The van der Waals surface area contributed by atoms with Crippen LogP contribution < -0.4 is 15.1 Å². The van der Waals surface area contributed by atoms with Gasteiger partial charge in [0.15, 0.2) is 0 Å². The zero-order valence-corrected chi connectivity index (χ0v) is 31.5. The summed E-state index contributed by atoms with van der Waals surface area (Å²) < 4.78 is 0. The summed E-state index contributed by atoms with van der Waals surface area (Å²) in [5.74, 6) is -0.824. The molecule has 5 amide bonds. The van der Waals surface area contributed by atoms with Gasteiger partial charge < -0.3 is 19.6 Å². The highest BCUT2D eigenvalue weighted by molar-refractivity contribution is 6.32. The van der Waals surface area contributed by atoms with Crippen molar-refractivity contribution >= 4 is 52.5 Å². The molecule has 13 heteroatoms. The molecule has 5 aliphatic heterocycles. The number of nitriles is 1. The van der Waals surface area contributed by atoms with Crippen LogP contribution in [0.15, 0.2) is 60.7 Å². The first-order chi connectivity index (χ1) is 26.7. The van der Waals surface area contributed by atoms with E-state index >= 15 is 0 Å². The Kier molecular flexibility index (Phi) is 10.3. The first kappa shape index (κ1) is 36.7. The normalized spacial score (nSPS) is 21.5. The topological polar surface area (TPSA) is 137 Å². The molecular formula is C42H44ClN7O5. The van der Waals surface area contributed by atoms with Gasteiger partial charge in [-0.15, -0.1) is 0 Å². The van der Waals surface area contributed by atoms with Crippen LogP contribution in [-0.2, 0) is 9.59 Å². The first-order valence-corrected chi connectivity index (χ1v) is 19.7. The second kappa shape index (κ2) is 15.5. The molecular weight excluding hydrogens is 718 g/mol. The maximum atomic E-state index is 13.3. The molecule has 284 valence electrons. The number of carbonyl (C=O) groups excluding carboxylic acids is 5. The van der Waals surface area contributed by atoms with Crippen molar-refractivity contribution in [3.05, 3.63) is 93.5 Å². The molecule has 5 heterocycles. The molecule has 0 aliphatic carbocycles. The van der Waals surface area contributed by atoms with Crippen molar-refractivity contribution in [1.82, 2.24) is 20.0 Å². The van der Waals surface area contributed by atoms with Crippen LogP contribution >= 0.6 is 11.6 Å². The van der Waals surface area contributed by atoms with Gasteiger partial charge in [0.2, 0.25) is 11.8 Å². The highest BCUT2D eigenvalue weighted by Gasteiger charge is 2.45. The Hall–Kier alpha value is -5.25. The number of piperazine rings is 1. The van der Waals surface area contributed by atoms with Crippen LogP contribution in [0, 0.1) is 17.2 Å². The molecule has 0 radical (unpaired) electrons. The molecule has 5 aliphatic rings. The minimum atomic E-state index is -0.964. The van der Waals surface area contributed by atoms with Crippen molar-refractivity contribution in [2.24, 2.45) is 5.92 Å². The van der Waals surface area contributed by atoms with E-state index < -0.39 is 23.8 Å². The van der Waals surface area contributed by atoms with E-state index in [1.807, 2.05) is 35.2 Å². The second-order valence-electron chi connectivity index (χ2n) is 15.4. The minimum absolute atomic E-state index is 0.0566. The van der Waals surface area contributed by atoms with Gasteiger partial charge in [-0.2, -0.15) is 5.26 Å². The average molecular weight is 762 g/mol. The Morgan fingerprint density at radius 1 is 0.745 bits per heavy atom. The van der Waals surface area contributed by atoms with Gasteiger partial charge in [0.05, 0.1) is 21.7 Å². The number of fused-ring (bicyclic) bond motifs is 1. The zero-order chi connectivity index (χ0) is 38.2. The number of amides is 5. The van der Waals surface area contributed by atoms with Crippen molar-refractivity contribution in [3.8, 4) is 6.07 Å². The summed E-state index contributed by atoms with van der Waals surface area (Å²) in [6.45, 7) is 7.56. The molecule has 0 aromatic heterocycles. The molecule has 0 spiro atoms. The van der Waals surface area contributed by atoms with Gasteiger partial charge in [-0.25, -0.2) is 0 Å². The van der Waals surface area contributed by atoms with Gasteiger partial charge in [-0.1, -0.05) is 23.7 Å². The standard InChI is InChI=1S/C42H44ClN7O5/c43-36-24-33(6-5-31(36)25-44)48-19-21-49(22-20-48)40(53)30-3-1-28(2-4-30)29-13-15-46(16-14-29)26-27-11-17-47(18-12-27)32-7-8-34-35(23-32)42(55)50(41(34)54)37-9-10-38(51)45-39(37)52/h1-8,23-24,27,29,37H,9-22,26H2,(H,45,51,52). The summed E-state index contributed by atoms with van der Waals surface area (Å²) in [4.78, 5) is 73.8. The lowest BCUT2D eigenvalue weighted by Gasteiger charge is -2.38. The van der Waals surface area contributed by atoms with Crippen LogP contribution in [0.3, 0.4) is 0 Å². The smallest absolute Gasteiger partial charge is 0.262 e. The lowest BCUT2D eigenvalue weighted by atomic mass is 9.88. The molecule has 55 heavy (non-hydrogen) atoms. The fourth-order valence-corrected chi connectivity index (χ4v) is 9.10. The van der Waals surface area contributed by atoms with Gasteiger partial charge >= 0.3 is 0 Å². The number of nitrogens with one attached hydrogen (secondary N) is 1. The third kappa shape index (κ3) is 7.43. The highest BCUT2D eigenvalue weighted by Crippen LogP contribution is 2.34. The second-order valence-corrected chi connectivity index (χ2v) is 15.8. The number of carbonyl (C=O) groups is 5. The SMILES string of the molecule is N#Cc1ccc(N2CCN(C(=O)c3ccc(C4CCN(CC5CCN(c6ccc7c(c6)C(=O)N(C6CCC(=O)NC6=O)C7=O)CC5)CC4)cc3)CC2)cc1Cl. The summed E-state index contributed by atoms with van der Waals surface area (Å²) in [6.07, 6.45) is 4.50. The summed E-state index contributed by atoms with van der Waals surface area (Å²) >= 11 is 6.24. The van der Waals surface area contributed by atoms with E-state index in [1.54, 1.807) is 18.2 Å². The van der Waals surface area contributed by atoms with Crippen molar-refractivity contribution < 1.29 is 24.0 Å². The number of anilines is 2. The van der Waals surface area contributed by atoms with Crippen LogP contribution in [0.4, 0.5) is 11.4 Å². The minimum Gasteiger partial charge on any atom is -0.371 e. The monoisotopic (exact) mass is 761 g/mol. The van der Waals surface area contributed by atoms with Crippen LogP contribution in [0.5, 0.6) is 0 Å². The first-order valence-electron chi connectivity index (χ1n) is 19.3. The lowest BCUT2D eigenvalue weighted by Crippen LogP contribution is -2.54. The number of hydrogen-bond donors (Lipinski definition) is 1. The molecule has 4 fully saturated rings. The van der Waals surface area contributed by atoms with E-state index in [0.717, 1.165) is 80.2 Å². The third-order valence-electron chi connectivity index (χ3n) is 12.1. The van der Waals surface area contributed by atoms with E-state index in [4.69, 9.17) is 16.9 Å². The van der Waals surface area contributed by atoms with Crippen LogP contribution in [-0.4, -0.2) is 109 Å². The Labute approximate surface area is 325 Å². The molecule has 4 saturated heterocycles. The van der Waals surface area contributed by atoms with Crippen LogP contribution in [0.25, 0.3) is 0 Å². The molecule has 3 aromatic rings. The Bertz CT molecular complexity index is 2060. The van der Waals surface area contributed by atoms with Crippen molar-refractivity contribution in [3.63, 3.8) is 0 Å². The number of benzene rings is 3. The summed E-state index contributed by atoms with van der Waals surface area (Å²) in [5, 5.41) is 11.8. The average Bonchev–Trinajstić information content (AvgIpc) is 3.46. The van der Waals surface area contributed by atoms with E-state index in [9.17, 15) is 24.0 Å². The maximum absolute atomic E-state index is 13.3. The fraction of sp³-hybridized carbons (Fsp3) is 0.429. The summed E-state index contributed by atoms with van der Waals surface area (Å²) in [5.41, 5.74) is 4.97. The molecule has 3 aromatic carbocycles. The molecule has 12 nitrogen and oxygen atoms in total. The predicted molar refractivity (Wildman–Crippen MR) is 207 cm³/mol. The number of piperidine rings is 3. The van der Waals surface area contributed by atoms with Gasteiger partial charge in [-0.05, 0) is 111 Å². The molecule has 1 unspecified atom stereocenters. The predicted octanol–water partition coefficient (Wildman–Crippen LogP) is 4.67. The van der Waals surface area contributed by atoms with E-state index in [2.05, 4.69) is 38.2 Å². The Morgan fingerprint density at radius 3 is 2.07 bits per heavy atom.